The molecule has 8 heteroatoms. The Morgan fingerprint density at radius 1 is 1.53 bits per heavy atom. The summed E-state index contributed by atoms with van der Waals surface area (Å²) in [5, 5.41) is 3.23. The third-order valence-corrected chi connectivity index (χ3v) is 5.07. The maximum absolute atomic E-state index is 12.2. The van der Waals surface area contributed by atoms with Crippen LogP contribution in [0.25, 0.3) is 0 Å². The number of hydrogen-bond acceptors (Lipinski definition) is 5. The highest BCUT2D eigenvalue weighted by atomic mass is 35.5. The maximum atomic E-state index is 12.2. The van der Waals surface area contributed by atoms with E-state index in [1.807, 2.05) is 0 Å². The topological polar surface area (TPSA) is 72.0 Å². The van der Waals surface area contributed by atoms with Gasteiger partial charge in [-0.2, -0.15) is 0 Å². The number of nitrogens with one attached hydrogen (secondary N) is 1. The molecule has 1 fully saturated rings. The van der Waals surface area contributed by atoms with Crippen LogP contribution >= 0.6 is 24.0 Å². The van der Waals surface area contributed by atoms with Crippen molar-refractivity contribution < 1.29 is 8.42 Å². The lowest BCUT2D eigenvalue weighted by Gasteiger charge is -2.21. The molecular weight excluding hydrogens is 309 g/mol. The lowest BCUT2D eigenvalue weighted by atomic mass is 10.0. The summed E-state index contributed by atoms with van der Waals surface area (Å²) in [5.41, 5.74) is 0.676. The van der Waals surface area contributed by atoms with Crippen LogP contribution in [0.1, 0.15) is 18.4 Å². The molecule has 1 aromatic heterocycles. The minimum Gasteiger partial charge on any atom is -0.316 e. The van der Waals surface area contributed by atoms with Crippen LogP contribution in [0.15, 0.2) is 11.4 Å². The van der Waals surface area contributed by atoms with Crippen molar-refractivity contribution in [3.8, 4) is 0 Å². The van der Waals surface area contributed by atoms with Gasteiger partial charge in [-0.25, -0.2) is 18.4 Å². The van der Waals surface area contributed by atoms with Crippen LogP contribution in [0.2, 0.25) is 5.15 Å². The molecule has 0 aromatic carbocycles. The van der Waals surface area contributed by atoms with Gasteiger partial charge in [0.1, 0.15) is 5.15 Å². The maximum Gasteiger partial charge on any atom is 0.248 e. The Kier molecular flexibility index (Phi) is 5.98. The van der Waals surface area contributed by atoms with Crippen LogP contribution in [0.5, 0.6) is 0 Å². The van der Waals surface area contributed by atoms with Gasteiger partial charge in [0.25, 0.3) is 0 Å². The molecule has 1 saturated heterocycles. The molecular formula is C11H17Cl2N3O2S. The smallest absolute Gasteiger partial charge is 0.248 e. The molecule has 0 aliphatic carbocycles. The first-order valence-corrected chi connectivity index (χ1v) is 7.94. The fraction of sp³-hybridized carbons (Fsp3) is 0.636. The number of halogens is 2. The first-order valence-electron chi connectivity index (χ1n) is 5.91. The molecule has 2 heterocycles. The molecule has 0 bridgehead atoms. The highest BCUT2D eigenvalue weighted by Crippen LogP contribution is 2.18. The molecule has 1 aromatic rings. The SMILES string of the molecule is Cc1cnc(S(=O)(=O)CC2CCCNC2)nc1Cl.Cl. The van der Waals surface area contributed by atoms with E-state index in [4.69, 9.17) is 11.6 Å². The van der Waals surface area contributed by atoms with Gasteiger partial charge in [0, 0.05) is 11.8 Å². The van der Waals surface area contributed by atoms with E-state index in [0.717, 1.165) is 25.9 Å². The van der Waals surface area contributed by atoms with Gasteiger partial charge in [0.2, 0.25) is 15.0 Å². The Hall–Kier alpha value is -0.430. The molecule has 0 amide bonds. The van der Waals surface area contributed by atoms with Gasteiger partial charge < -0.3 is 5.32 Å². The summed E-state index contributed by atoms with van der Waals surface area (Å²) < 4.78 is 24.3. The molecule has 1 atom stereocenters. The van der Waals surface area contributed by atoms with Gasteiger partial charge in [-0.15, -0.1) is 12.4 Å². The van der Waals surface area contributed by atoms with Crippen molar-refractivity contribution in [1.29, 1.82) is 0 Å². The number of rotatable bonds is 3. The Balaban J connectivity index is 0.00000180. The Bertz CT molecular complexity index is 531. The van der Waals surface area contributed by atoms with E-state index in [-0.39, 0.29) is 34.4 Å². The third kappa shape index (κ3) is 4.27. The van der Waals surface area contributed by atoms with Crippen molar-refractivity contribution >= 4 is 33.8 Å². The van der Waals surface area contributed by atoms with Crippen molar-refractivity contribution in [1.82, 2.24) is 15.3 Å². The van der Waals surface area contributed by atoms with Crippen molar-refractivity contribution in [2.75, 3.05) is 18.8 Å². The molecule has 19 heavy (non-hydrogen) atoms. The molecule has 1 aliphatic rings. The zero-order valence-electron chi connectivity index (χ0n) is 10.6. The van der Waals surface area contributed by atoms with Gasteiger partial charge in [0.05, 0.1) is 5.75 Å². The molecule has 0 radical (unpaired) electrons. The van der Waals surface area contributed by atoms with Crippen LogP contribution in [-0.4, -0.2) is 37.2 Å². The minimum atomic E-state index is -3.45. The largest absolute Gasteiger partial charge is 0.316 e. The monoisotopic (exact) mass is 325 g/mol. The number of nitrogens with zero attached hydrogens (tertiary/aromatic N) is 2. The number of aryl methyl sites for hydroxylation is 1. The van der Waals surface area contributed by atoms with Crippen LogP contribution in [0.4, 0.5) is 0 Å². The number of aromatic nitrogens is 2. The predicted molar refractivity (Wildman–Crippen MR) is 76.7 cm³/mol. The fourth-order valence-electron chi connectivity index (χ4n) is 2.01. The van der Waals surface area contributed by atoms with Gasteiger partial charge >= 0.3 is 0 Å². The van der Waals surface area contributed by atoms with Crippen LogP contribution in [0.3, 0.4) is 0 Å². The van der Waals surface area contributed by atoms with Crippen LogP contribution < -0.4 is 5.32 Å². The summed E-state index contributed by atoms with van der Waals surface area (Å²) in [5.74, 6) is 0.215. The van der Waals surface area contributed by atoms with E-state index < -0.39 is 9.84 Å². The van der Waals surface area contributed by atoms with Crippen LogP contribution in [0, 0.1) is 12.8 Å². The van der Waals surface area contributed by atoms with Gasteiger partial charge in [-0.05, 0) is 38.8 Å². The number of piperidine rings is 1. The molecule has 1 unspecified atom stereocenters. The molecule has 2 rings (SSSR count). The number of hydrogen-bond donors (Lipinski definition) is 1. The molecule has 5 nitrogen and oxygen atoms in total. The summed E-state index contributed by atoms with van der Waals surface area (Å²) in [4.78, 5) is 7.73. The quantitative estimate of drug-likeness (QED) is 0.675. The van der Waals surface area contributed by atoms with E-state index in [9.17, 15) is 8.42 Å². The average Bonchev–Trinajstić information content (AvgIpc) is 2.33. The van der Waals surface area contributed by atoms with E-state index in [0.29, 0.717) is 5.56 Å². The van der Waals surface area contributed by atoms with Crippen molar-refractivity contribution in [3.05, 3.63) is 16.9 Å². The van der Waals surface area contributed by atoms with Crippen molar-refractivity contribution in [2.45, 2.75) is 24.9 Å². The third-order valence-electron chi connectivity index (χ3n) is 3.02. The summed E-state index contributed by atoms with van der Waals surface area (Å²) >= 11 is 5.83. The fourth-order valence-corrected chi connectivity index (χ4v) is 3.68. The van der Waals surface area contributed by atoms with Crippen molar-refractivity contribution in [2.24, 2.45) is 5.92 Å². The van der Waals surface area contributed by atoms with Gasteiger partial charge in [-0.3, -0.25) is 0 Å². The molecule has 0 saturated carbocycles. The second-order valence-electron chi connectivity index (χ2n) is 4.62. The summed E-state index contributed by atoms with van der Waals surface area (Å²) in [6.45, 7) is 3.44. The van der Waals surface area contributed by atoms with E-state index in [1.54, 1.807) is 6.92 Å². The molecule has 1 aliphatic heterocycles. The summed E-state index contributed by atoms with van der Waals surface area (Å²) in [6.07, 6.45) is 3.38. The first-order chi connectivity index (χ1) is 8.49. The second-order valence-corrected chi connectivity index (χ2v) is 6.91. The highest BCUT2D eigenvalue weighted by Gasteiger charge is 2.25. The lowest BCUT2D eigenvalue weighted by molar-refractivity contribution is 0.403. The summed E-state index contributed by atoms with van der Waals surface area (Å²) in [7, 11) is -3.45. The number of sulfone groups is 1. The van der Waals surface area contributed by atoms with E-state index in [2.05, 4.69) is 15.3 Å². The normalized spacial score (nSPS) is 19.8. The standard InChI is InChI=1S/C11H16ClN3O2S.ClH/c1-8-5-14-11(15-10(8)12)18(16,17)7-9-3-2-4-13-6-9;/h5,9,13H,2-4,6-7H2,1H3;1H. The minimum absolute atomic E-state index is 0. The molecule has 1 N–H and O–H groups in total. The van der Waals surface area contributed by atoms with E-state index >= 15 is 0 Å². The van der Waals surface area contributed by atoms with Gasteiger partial charge in [0.15, 0.2) is 0 Å². The summed E-state index contributed by atoms with van der Waals surface area (Å²) in [6, 6.07) is 0. The Labute approximate surface area is 124 Å². The zero-order valence-corrected chi connectivity index (χ0v) is 13.0. The zero-order chi connectivity index (χ0) is 13.2. The average molecular weight is 326 g/mol. The lowest BCUT2D eigenvalue weighted by Crippen LogP contribution is -2.34. The van der Waals surface area contributed by atoms with Gasteiger partial charge in [-0.1, -0.05) is 11.6 Å². The van der Waals surface area contributed by atoms with Crippen LogP contribution in [-0.2, 0) is 9.84 Å². The molecule has 0 spiro atoms. The Morgan fingerprint density at radius 2 is 2.26 bits per heavy atom. The van der Waals surface area contributed by atoms with E-state index in [1.165, 1.54) is 6.20 Å². The second kappa shape index (κ2) is 6.83. The first kappa shape index (κ1) is 16.6. The Morgan fingerprint density at radius 3 is 2.84 bits per heavy atom. The molecule has 108 valence electrons. The predicted octanol–water partition coefficient (Wildman–Crippen LogP) is 1.63. The highest BCUT2D eigenvalue weighted by molar-refractivity contribution is 7.91. The van der Waals surface area contributed by atoms with Crippen molar-refractivity contribution in [3.63, 3.8) is 0 Å².